The standard InChI is InChI=1S/C9H10N4O3/c1-2-8(14)12-3-6(4-12)13-5-7(9(15)16)10-11-13/h2,5-6H,1,3-4H2,(H,15,16). The lowest BCUT2D eigenvalue weighted by molar-refractivity contribution is -0.131. The second-order valence-electron chi connectivity index (χ2n) is 3.49. The van der Waals surface area contributed by atoms with E-state index in [2.05, 4.69) is 16.9 Å². The van der Waals surface area contributed by atoms with Gasteiger partial charge in [0.1, 0.15) is 0 Å². The highest BCUT2D eigenvalue weighted by atomic mass is 16.4. The highest BCUT2D eigenvalue weighted by Crippen LogP contribution is 2.20. The molecule has 0 spiro atoms. The maximum Gasteiger partial charge on any atom is 0.358 e. The van der Waals surface area contributed by atoms with E-state index in [4.69, 9.17) is 5.11 Å². The summed E-state index contributed by atoms with van der Waals surface area (Å²) in [5.74, 6) is -1.24. The Kier molecular flexibility index (Phi) is 2.43. The van der Waals surface area contributed by atoms with E-state index in [0.717, 1.165) is 0 Å². The van der Waals surface area contributed by atoms with E-state index in [9.17, 15) is 9.59 Å². The zero-order valence-electron chi connectivity index (χ0n) is 8.41. The summed E-state index contributed by atoms with van der Waals surface area (Å²) < 4.78 is 1.47. The second-order valence-corrected chi connectivity index (χ2v) is 3.49. The van der Waals surface area contributed by atoms with Crippen molar-refractivity contribution in [3.63, 3.8) is 0 Å². The molecule has 0 radical (unpaired) electrons. The van der Waals surface area contributed by atoms with E-state index in [0.29, 0.717) is 13.1 Å². The van der Waals surface area contributed by atoms with Crippen molar-refractivity contribution in [1.82, 2.24) is 19.9 Å². The number of nitrogens with zero attached hydrogens (tertiary/aromatic N) is 4. The zero-order valence-corrected chi connectivity index (χ0v) is 8.41. The Morgan fingerprint density at radius 3 is 2.75 bits per heavy atom. The van der Waals surface area contributed by atoms with Gasteiger partial charge >= 0.3 is 5.97 Å². The minimum Gasteiger partial charge on any atom is -0.476 e. The van der Waals surface area contributed by atoms with Gasteiger partial charge in [0.05, 0.1) is 12.2 Å². The van der Waals surface area contributed by atoms with E-state index >= 15 is 0 Å². The molecule has 84 valence electrons. The number of hydrogen-bond donors (Lipinski definition) is 1. The number of hydrogen-bond acceptors (Lipinski definition) is 4. The van der Waals surface area contributed by atoms with Gasteiger partial charge < -0.3 is 10.0 Å². The van der Waals surface area contributed by atoms with Crippen LogP contribution >= 0.6 is 0 Å². The van der Waals surface area contributed by atoms with Gasteiger partial charge in [-0.3, -0.25) is 4.79 Å². The average molecular weight is 222 g/mol. The minimum atomic E-state index is -1.11. The van der Waals surface area contributed by atoms with Gasteiger partial charge in [0.25, 0.3) is 0 Å². The van der Waals surface area contributed by atoms with Crippen LogP contribution in [0.2, 0.25) is 0 Å². The number of amides is 1. The minimum absolute atomic E-state index is 0.00417. The summed E-state index contributed by atoms with van der Waals surface area (Å²) in [6.07, 6.45) is 2.61. The van der Waals surface area contributed by atoms with Crippen molar-refractivity contribution in [2.75, 3.05) is 13.1 Å². The fourth-order valence-corrected chi connectivity index (χ4v) is 1.48. The number of aromatic carboxylic acids is 1. The Labute approximate surface area is 91.0 Å². The molecule has 0 aromatic carbocycles. The van der Waals surface area contributed by atoms with Gasteiger partial charge in [-0.05, 0) is 6.08 Å². The van der Waals surface area contributed by atoms with Crippen LogP contribution < -0.4 is 0 Å². The summed E-state index contributed by atoms with van der Waals surface area (Å²) >= 11 is 0. The molecular weight excluding hydrogens is 212 g/mol. The highest BCUT2D eigenvalue weighted by Gasteiger charge is 2.31. The summed E-state index contributed by atoms with van der Waals surface area (Å²) in [5, 5.41) is 15.9. The Hall–Kier alpha value is -2.18. The van der Waals surface area contributed by atoms with Crippen molar-refractivity contribution in [2.45, 2.75) is 6.04 Å². The van der Waals surface area contributed by atoms with E-state index in [1.54, 1.807) is 4.90 Å². The first kappa shape index (κ1) is 10.3. The molecule has 0 aliphatic carbocycles. The normalized spacial score (nSPS) is 15.6. The van der Waals surface area contributed by atoms with Crippen molar-refractivity contribution in [3.8, 4) is 0 Å². The summed E-state index contributed by atoms with van der Waals surface area (Å²) in [5.41, 5.74) is -0.0894. The van der Waals surface area contributed by atoms with Gasteiger partial charge in [-0.1, -0.05) is 11.8 Å². The molecule has 7 nitrogen and oxygen atoms in total. The highest BCUT2D eigenvalue weighted by molar-refractivity contribution is 5.87. The lowest BCUT2D eigenvalue weighted by Gasteiger charge is -2.38. The number of carboxylic acids is 1. The van der Waals surface area contributed by atoms with Crippen LogP contribution in [0.1, 0.15) is 16.5 Å². The van der Waals surface area contributed by atoms with E-state index < -0.39 is 5.97 Å². The number of carboxylic acid groups (broad SMARTS) is 1. The summed E-state index contributed by atoms with van der Waals surface area (Å²) in [4.78, 5) is 23.3. The Balaban J connectivity index is 1.98. The summed E-state index contributed by atoms with van der Waals surface area (Å²) in [7, 11) is 0. The van der Waals surface area contributed by atoms with Gasteiger partial charge in [-0.25, -0.2) is 9.48 Å². The fourth-order valence-electron chi connectivity index (χ4n) is 1.48. The van der Waals surface area contributed by atoms with E-state index in [1.807, 2.05) is 0 Å². The van der Waals surface area contributed by atoms with Crippen LogP contribution in [0.5, 0.6) is 0 Å². The lowest BCUT2D eigenvalue weighted by atomic mass is 10.1. The van der Waals surface area contributed by atoms with Crippen molar-refractivity contribution in [3.05, 3.63) is 24.5 Å². The molecule has 1 N–H and O–H groups in total. The smallest absolute Gasteiger partial charge is 0.358 e. The van der Waals surface area contributed by atoms with Crippen LogP contribution in [-0.2, 0) is 4.79 Å². The van der Waals surface area contributed by atoms with Crippen molar-refractivity contribution in [2.24, 2.45) is 0 Å². The van der Waals surface area contributed by atoms with Crippen LogP contribution in [0.3, 0.4) is 0 Å². The molecule has 0 saturated carbocycles. The largest absolute Gasteiger partial charge is 0.476 e. The second kappa shape index (κ2) is 3.76. The van der Waals surface area contributed by atoms with Crippen LogP contribution in [-0.4, -0.2) is 50.0 Å². The monoisotopic (exact) mass is 222 g/mol. The molecule has 0 bridgehead atoms. The summed E-state index contributed by atoms with van der Waals surface area (Å²) in [6, 6.07) is 0.00417. The first-order chi connectivity index (χ1) is 7.61. The van der Waals surface area contributed by atoms with Crippen LogP contribution in [0.25, 0.3) is 0 Å². The molecule has 1 aliphatic rings. The number of carbonyl (C=O) groups excluding carboxylic acids is 1. The third-order valence-corrected chi connectivity index (χ3v) is 2.45. The lowest BCUT2D eigenvalue weighted by Crippen LogP contribution is -2.50. The third-order valence-electron chi connectivity index (χ3n) is 2.45. The first-order valence-electron chi connectivity index (χ1n) is 4.68. The fraction of sp³-hybridized carbons (Fsp3) is 0.333. The Bertz CT molecular complexity index is 447. The van der Waals surface area contributed by atoms with Gasteiger partial charge in [0.15, 0.2) is 5.69 Å². The number of aromatic nitrogens is 3. The van der Waals surface area contributed by atoms with Crippen molar-refractivity contribution < 1.29 is 14.7 Å². The zero-order chi connectivity index (χ0) is 11.7. The quantitative estimate of drug-likeness (QED) is 0.699. The van der Waals surface area contributed by atoms with E-state index in [-0.39, 0.29) is 17.6 Å². The molecule has 1 amide bonds. The van der Waals surface area contributed by atoms with E-state index in [1.165, 1.54) is 17.0 Å². The topological polar surface area (TPSA) is 88.3 Å². The molecule has 1 fully saturated rings. The Morgan fingerprint density at radius 1 is 1.56 bits per heavy atom. The molecule has 0 unspecified atom stereocenters. The average Bonchev–Trinajstić information content (AvgIpc) is 2.64. The van der Waals surface area contributed by atoms with Gasteiger partial charge in [0, 0.05) is 13.1 Å². The maximum absolute atomic E-state index is 11.2. The SMILES string of the molecule is C=CC(=O)N1CC(n2cc(C(=O)O)nn2)C1. The molecule has 2 heterocycles. The first-order valence-corrected chi connectivity index (χ1v) is 4.68. The molecule has 0 atom stereocenters. The molecule has 1 aromatic rings. The van der Waals surface area contributed by atoms with Gasteiger partial charge in [0.2, 0.25) is 5.91 Å². The Morgan fingerprint density at radius 2 is 2.25 bits per heavy atom. The summed E-state index contributed by atoms with van der Waals surface area (Å²) in [6.45, 7) is 4.40. The molecular formula is C9H10N4O3. The van der Waals surface area contributed by atoms with Gasteiger partial charge in [-0.2, -0.15) is 0 Å². The third kappa shape index (κ3) is 1.67. The van der Waals surface area contributed by atoms with Crippen molar-refractivity contribution >= 4 is 11.9 Å². The molecule has 7 heteroatoms. The van der Waals surface area contributed by atoms with Crippen LogP contribution in [0, 0.1) is 0 Å². The van der Waals surface area contributed by atoms with Crippen molar-refractivity contribution in [1.29, 1.82) is 0 Å². The molecule has 2 rings (SSSR count). The van der Waals surface area contributed by atoms with Gasteiger partial charge in [-0.15, -0.1) is 5.10 Å². The molecule has 1 aliphatic heterocycles. The van der Waals surface area contributed by atoms with Crippen LogP contribution in [0.15, 0.2) is 18.9 Å². The molecule has 1 saturated heterocycles. The molecule has 1 aromatic heterocycles. The predicted molar refractivity (Wildman–Crippen MR) is 52.8 cm³/mol. The number of rotatable bonds is 3. The molecule has 16 heavy (non-hydrogen) atoms. The number of carbonyl (C=O) groups is 2. The maximum atomic E-state index is 11.2. The van der Waals surface area contributed by atoms with Crippen LogP contribution in [0.4, 0.5) is 0 Å². The number of likely N-dealkylation sites (tertiary alicyclic amines) is 1. The predicted octanol–water partition coefficient (Wildman–Crippen LogP) is -0.454.